The van der Waals surface area contributed by atoms with Crippen molar-refractivity contribution in [3.8, 4) is 0 Å². The monoisotopic (exact) mass is 401 g/mol. The van der Waals surface area contributed by atoms with Crippen LogP contribution in [0.25, 0.3) is 0 Å². The van der Waals surface area contributed by atoms with Crippen LogP contribution in [0.3, 0.4) is 0 Å². The smallest absolute Gasteiger partial charge is 0.240 e. The third kappa shape index (κ3) is 4.70. The zero-order chi connectivity index (χ0) is 19.6. The van der Waals surface area contributed by atoms with E-state index < -0.39 is 5.25 Å². The van der Waals surface area contributed by atoms with Crippen LogP contribution in [0.15, 0.2) is 41.4 Å². The first-order chi connectivity index (χ1) is 12.8. The number of rotatable bonds is 4. The molecule has 2 aromatic rings. The van der Waals surface area contributed by atoms with Gasteiger partial charge in [-0.3, -0.25) is 9.59 Å². The molecule has 0 aliphatic carbocycles. The average Bonchev–Trinajstić information content (AvgIpc) is 2.94. The Kier molecular flexibility index (Phi) is 5.87. The topological polar surface area (TPSA) is 70.6 Å². The fourth-order valence-corrected chi connectivity index (χ4v) is 3.81. The van der Waals surface area contributed by atoms with Crippen LogP contribution in [0.2, 0.25) is 5.02 Å². The molecule has 1 saturated heterocycles. The number of amidine groups is 1. The second-order valence-corrected chi connectivity index (χ2v) is 8.07. The number of hydrogen-bond donors (Lipinski definition) is 2. The van der Waals surface area contributed by atoms with Gasteiger partial charge in [0.25, 0.3) is 0 Å². The molecule has 1 fully saturated rings. The Hall–Kier alpha value is -2.31. The molecule has 0 aromatic heterocycles. The number of nitrogens with zero attached hydrogens (tertiary/aromatic N) is 1. The first-order valence-corrected chi connectivity index (χ1v) is 9.77. The lowest BCUT2D eigenvalue weighted by Crippen LogP contribution is -2.28. The van der Waals surface area contributed by atoms with Gasteiger partial charge in [0, 0.05) is 17.1 Å². The fraction of sp³-hybridized carbons (Fsp3) is 0.250. The number of amides is 2. The number of hydrogen-bond acceptors (Lipinski definition) is 4. The third-order valence-electron chi connectivity index (χ3n) is 4.28. The number of nitrogens with one attached hydrogen (secondary N) is 2. The van der Waals surface area contributed by atoms with Gasteiger partial charge in [0.2, 0.25) is 11.8 Å². The van der Waals surface area contributed by atoms with Crippen LogP contribution in [0, 0.1) is 20.8 Å². The van der Waals surface area contributed by atoms with E-state index in [9.17, 15) is 9.59 Å². The van der Waals surface area contributed by atoms with Crippen molar-refractivity contribution < 1.29 is 9.59 Å². The van der Waals surface area contributed by atoms with E-state index in [2.05, 4.69) is 15.6 Å². The maximum atomic E-state index is 12.4. The van der Waals surface area contributed by atoms with Crippen LogP contribution in [0.5, 0.6) is 0 Å². The molecule has 0 unspecified atom stereocenters. The molecule has 0 radical (unpaired) electrons. The van der Waals surface area contributed by atoms with E-state index in [-0.39, 0.29) is 18.2 Å². The summed E-state index contributed by atoms with van der Waals surface area (Å²) in [5.74, 6) is -0.442. The molecular formula is C20H20ClN3O2S. The van der Waals surface area contributed by atoms with E-state index in [0.29, 0.717) is 15.9 Å². The standard InChI is InChI=1S/C20H20ClN3O2S/c1-11-7-8-12(2)16(9-11)23-20-24-19(26)17(27-20)10-18(25)22-15-6-4-5-14(21)13(15)3/h4-9,17H,10H2,1-3H3,(H,22,25)(H,23,24,26)/t17-/m1/s1. The number of anilines is 1. The first kappa shape index (κ1) is 19.5. The number of carbonyl (C=O) groups excluding carboxylic acids is 2. The van der Waals surface area contributed by atoms with E-state index in [1.54, 1.807) is 18.2 Å². The van der Waals surface area contributed by atoms with Gasteiger partial charge in [0.15, 0.2) is 5.17 Å². The molecule has 0 spiro atoms. The highest BCUT2D eigenvalue weighted by molar-refractivity contribution is 8.15. The van der Waals surface area contributed by atoms with Crippen molar-refractivity contribution in [2.75, 3.05) is 5.32 Å². The molecule has 1 aliphatic heterocycles. The van der Waals surface area contributed by atoms with Gasteiger partial charge < -0.3 is 10.6 Å². The fourth-order valence-electron chi connectivity index (χ4n) is 2.65. The van der Waals surface area contributed by atoms with Gasteiger partial charge in [-0.25, -0.2) is 4.99 Å². The molecule has 1 atom stereocenters. The Balaban J connectivity index is 1.67. The van der Waals surface area contributed by atoms with Crippen LogP contribution in [0.4, 0.5) is 11.4 Å². The third-order valence-corrected chi connectivity index (χ3v) is 5.77. The normalized spacial score (nSPS) is 17.9. The summed E-state index contributed by atoms with van der Waals surface area (Å²) < 4.78 is 0. The van der Waals surface area contributed by atoms with Crippen LogP contribution in [-0.4, -0.2) is 22.2 Å². The molecule has 0 bridgehead atoms. The summed E-state index contributed by atoms with van der Waals surface area (Å²) in [4.78, 5) is 29.1. The van der Waals surface area contributed by atoms with Crippen molar-refractivity contribution in [1.82, 2.24) is 5.32 Å². The second-order valence-electron chi connectivity index (χ2n) is 6.47. The molecule has 140 valence electrons. The Morgan fingerprint density at radius 2 is 2.04 bits per heavy atom. The van der Waals surface area contributed by atoms with Gasteiger partial charge >= 0.3 is 0 Å². The Labute approximate surface area is 167 Å². The molecular weight excluding hydrogens is 382 g/mol. The molecule has 3 rings (SSSR count). The largest absolute Gasteiger partial charge is 0.326 e. The average molecular weight is 402 g/mol. The van der Waals surface area contributed by atoms with Crippen LogP contribution in [-0.2, 0) is 9.59 Å². The van der Waals surface area contributed by atoms with Gasteiger partial charge in [-0.2, -0.15) is 0 Å². The van der Waals surface area contributed by atoms with Crippen LogP contribution >= 0.6 is 23.4 Å². The number of aryl methyl sites for hydroxylation is 2. The lowest BCUT2D eigenvalue weighted by Gasteiger charge is -2.10. The van der Waals surface area contributed by atoms with Gasteiger partial charge in [-0.1, -0.05) is 41.6 Å². The van der Waals surface area contributed by atoms with Crippen molar-refractivity contribution in [1.29, 1.82) is 0 Å². The minimum Gasteiger partial charge on any atom is -0.326 e. The Bertz CT molecular complexity index is 943. The molecule has 5 nitrogen and oxygen atoms in total. The molecule has 2 amide bonds. The van der Waals surface area contributed by atoms with E-state index in [0.717, 1.165) is 22.4 Å². The molecule has 0 saturated carbocycles. The predicted octanol–water partition coefficient (Wildman–Crippen LogP) is 4.51. The molecule has 2 aromatic carbocycles. The highest BCUT2D eigenvalue weighted by atomic mass is 35.5. The zero-order valence-electron chi connectivity index (χ0n) is 15.3. The van der Waals surface area contributed by atoms with Crippen molar-refractivity contribution in [3.63, 3.8) is 0 Å². The second kappa shape index (κ2) is 8.15. The van der Waals surface area contributed by atoms with E-state index in [1.807, 2.05) is 39.0 Å². The van der Waals surface area contributed by atoms with Crippen LogP contribution < -0.4 is 10.6 Å². The summed E-state index contributed by atoms with van der Waals surface area (Å²) in [6.07, 6.45) is 0.0638. The number of thioether (sulfide) groups is 1. The summed E-state index contributed by atoms with van der Waals surface area (Å²) in [5.41, 5.74) is 4.40. The zero-order valence-corrected chi connectivity index (χ0v) is 16.9. The lowest BCUT2D eigenvalue weighted by atomic mass is 10.1. The van der Waals surface area contributed by atoms with Crippen molar-refractivity contribution in [2.45, 2.75) is 32.4 Å². The maximum absolute atomic E-state index is 12.4. The molecule has 27 heavy (non-hydrogen) atoms. The number of aliphatic imine (C=N–C) groups is 1. The van der Waals surface area contributed by atoms with Crippen LogP contribution in [0.1, 0.15) is 23.1 Å². The van der Waals surface area contributed by atoms with E-state index in [1.165, 1.54) is 11.8 Å². The summed E-state index contributed by atoms with van der Waals surface area (Å²) in [6, 6.07) is 11.3. The molecule has 7 heteroatoms. The maximum Gasteiger partial charge on any atom is 0.240 e. The summed E-state index contributed by atoms with van der Waals surface area (Å²) >= 11 is 7.35. The molecule has 1 aliphatic rings. The van der Waals surface area contributed by atoms with E-state index in [4.69, 9.17) is 11.6 Å². The summed E-state index contributed by atoms with van der Waals surface area (Å²) in [7, 11) is 0. The predicted molar refractivity (Wildman–Crippen MR) is 112 cm³/mol. The quantitative estimate of drug-likeness (QED) is 0.791. The van der Waals surface area contributed by atoms with Gasteiger partial charge in [0.05, 0.1) is 5.69 Å². The minimum absolute atomic E-state index is 0.0638. The van der Waals surface area contributed by atoms with Gasteiger partial charge in [-0.05, 0) is 55.7 Å². The number of benzene rings is 2. The molecule has 2 N–H and O–H groups in total. The van der Waals surface area contributed by atoms with Gasteiger partial charge in [0.1, 0.15) is 5.25 Å². The molecule has 1 heterocycles. The van der Waals surface area contributed by atoms with E-state index >= 15 is 0 Å². The van der Waals surface area contributed by atoms with Crippen molar-refractivity contribution in [2.24, 2.45) is 4.99 Å². The van der Waals surface area contributed by atoms with Crippen molar-refractivity contribution >= 4 is 51.7 Å². The minimum atomic E-state index is -0.506. The lowest BCUT2D eigenvalue weighted by molar-refractivity contribution is -0.122. The van der Waals surface area contributed by atoms with Gasteiger partial charge in [-0.15, -0.1) is 0 Å². The number of carbonyl (C=O) groups is 2. The SMILES string of the molecule is Cc1ccc(C)c(N=C2NC(=O)[C@@H](CC(=O)Nc3cccc(Cl)c3C)S2)c1. The number of halogens is 1. The highest BCUT2D eigenvalue weighted by Crippen LogP contribution is 2.28. The first-order valence-electron chi connectivity index (χ1n) is 8.52. The highest BCUT2D eigenvalue weighted by Gasteiger charge is 2.32. The van der Waals surface area contributed by atoms with Crippen molar-refractivity contribution in [3.05, 3.63) is 58.1 Å². The Morgan fingerprint density at radius 1 is 1.26 bits per heavy atom. The summed E-state index contributed by atoms with van der Waals surface area (Å²) in [5, 5.41) is 6.18. The summed E-state index contributed by atoms with van der Waals surface area (Å²) in [6.45, 7) is 5.80. The Morgan fingerprint density at radius 3 is 2.81 bits per heavy atom.